The Morgan fingerprint density at radius 3 is 2.44 bits per heavy atom. The lowest BCUT2D eigenvalue weighted by molar-refractivity contribution is 0.0951. The first-order valence-corrected chi connectivity index (χ1v) is 13.2. The Balaban J connectivity index is 1.76. The maximum atomic E-state index is 14.8. The van der Waals surface area contributed by atoms with Crippen molar-refractivity contribution in [1.29, 1.82) is 0 Å². The van der Waals surface area contributed by atoms with Crippen LogP contribution in [0.5, 0.6) is 0 Å². The number of carbonyl (C=O) groups is 1. The number of nitrogens with one attached hydrogen (secondary N) is 1. The minimum Gasteiger partial charge on any atom is -0.758 e. The Hall–Kier alpha value is -3.63. The minimum atomic E-state index is -3.88. The van der Waals surface area contributed by atoms with E-state index in [1.165, 1.54) is 18.2 Å². The lowest BCUT2D eigenvalue weighted by Gasteiger charge is -2.40. The van der Waals surface area contributed by atoms with Gasteiger partial charge in [-0.3, -0.25) is 4.79 Å². The van der Waals surface area contributed by atoms with Gasteiger partial charge in [-0.1, -0.05) is 12.1 Å². The van der Waals surface area contributed by atoms with Crippen molar-refractivity contribution in [3.05, 3.63) is 93.5 Å². The van der Waals surface area contributed by atoms with Crippen LogP contribution in [-0.2, 0) is 9.84 Å². The summed E-state index contributed by atoms with van der Waals surface area (Å²) in [7, 11) is -3.88. The van der Waals surface area contributed by atoms with Crippen molar-refractivity contribution in [2.24, 2.45) is 0 Å². The molecule has 1 amide bonds. The van der Waals surface area contributed by atoms with Crippen molar-refractivity contribution in [3.63, 3.8) is 0 Å². The lowest BCUT2D eigenvalue weighted by atomic mass is 9.89. The smallest absolute Gasteiger partial charge is 0.251 e. The molecule has 0 bridgehead atoms. The number of hydrogen-bond donors (Lipinski definition) is 1. The molecule has 186 valence electrons. The van der Waals surface area contributed by atoms with Crippen molar-refractivity contribution in [2.45, 2.75) is 36.9 Å². The molecule has 1 aliphatic heterocycles. The Bertz CT molecular complexity index is 1510. The predicted molar refractivity (Wildman–Crippen MR) is 130 cm³/mol. The van der Waals surface area contributed by atoms with Crippen molar-refractivity contribution in [1.82, 2.24) is 15.4 Å². The molecule has 7 nitrogen and oxygen atoms in total. The van der Waals surface area contributed by atoms with Crippen LogP contribution in [0.2, 0.25) is 0 Å². The zero-order chi connectivity index (χ0) is 25.8. The maximum Gasteiger partial charge on any atom is 0.251 e. The van der Waals surface area contributed by atoms with E-state index in [9.17, 15) is 27.2 Å². The fourth-order valence-corrected chi connectivity index (χ4v) is 4.88. The molecule has 0 spiro atoms. The molecule has 2 aromatic carbocycles. The molecule has 1 N–H and O–H groups in total. The highest BCUT2D eigenvalue weighted by molar-refractivity contribution is 7.90. The second-order valence-electron chi connectivity index (χ2n) is 9.07. The highest BCUT2D eigenvalue weighted by atomic mass is 32.2. The number of nitrogens with zero attached hydrogens (tertiary/aromatic N) is 2. The third-order valence-electron chi connectivity index (χ3n) is 6.32. The van der Waals surface area contributed by atoms with Crippen LogP contribution in [0.4, 0.5) is 8.78 Å². The summed E-state index contributed by atoms with van der Waals surface area (Å²) in [6, 6.07) is 8.25. The van der Waals surface area contributed by atoms with Crippen molar-refractivity contribution in [2.75, 3.05) is 6.26 Å². The zero-order valence-corrected chi connectivity index (χ0v) is 20.3. The number of fused-ring (bicyclic) bond motifs is 1. The molecule has 1 fully saturated rings. The Kier molecular flexibility index (Phi) is 5.88. The fraction of sp³-hybridized carbons (Fsp3) is 0.231. The van der Waals surface area contributed by atoms with Gasteiger partial charge in [-0.25, -0.2) is 22.2 Å². The van der Waals surface area contributed by atoms with Gasteiger partial charge in [-0.2, -0.15) is 0 Å². The summed E-state index contributed by atoms with van der Waals surface area (Å²) in [6.45, 7) is 1.80. The molecule has 0 radical (unpaired) electrons. The summed E-state index contributed by atoms with van der Waals surface area (Å²) in [5.41, 5.74) is 1.75. The molecule has 2 heterocycles. The van der Waals surface area contributed by atoms with Crippen LogP contribution >= 0.6 is 0 Å². The number of rotatable bonds is 5. The quantitative estimate of drug-likeness (QED) is 0.542. The van der Waals surface area contributed by atoms with Crippen LogP contribution in [0.1, 0.15) is 51.6 Å². The van der Waals surface area contributed by atoms with E-state index in [-0.39, 0.29) is 22.7 Å². The van der Waals surface area contributed by atoms with E-state index < -0.39 is 33.1 Å². The SMILES string of the molecule is Cc1ccc(C(=O)NC2CC2)cc1-c1cc(S(C)(=O)=O)nc2c1C=CN([O-])C2c1c(F)cccc1F. The largest absolute Gasteiger partial charge is 0.758 e. The molecule has 0 saturated heterocycles. The van der Waals surface area contributed by atoms with Gasteiger partial charge >= 0.3 is 0 Å². The number of aryl methyl sites for hydroxylation is 1. The number of sulfone groups is 1. The minimum absolute atomic E-state index is 0.0957. The fourth-order valence-electron chi connectivity index (χ4n) is 4.29. The van der Waals surface area contributed by atoms with Gasteiger partial charge in [0.05, 0.1) is 17.3 Å². The Morgan fingerprint density at radius 1 is 1.11 bits per heavy atom. The zero-order valence-electron chi connectivity index (χ0n) is 19.5. The summed E-state index contributed by atoms with van der Waals surface area (Å²) >= 11 is 0. The van der Waals surface area contributed by atoms with Crippen LogP contribution in [-0.4, -0.2) is 36.7 Å². The summed E-state index contributed by atoms with van der Waals surface area (Å²) in [5, 5.41) is 15.8. The molecule has 1 unspecified atom stereocenters. The van der Waals surface area contributed by atoms with Crippen LogP contribution < -0.4 is 5.32 Å². The van der Waals surface area contributed by atoms with Crippen LogP contribution in [0, 0.1) is 23.8 Å². The first-order valence-electron chi connectivity index (χ1n) is 11.3. The molecule has 1 aliphatic carbocycles. The molecule has 1 atom stereocenters. The van der Waals surface area contributed by atoms with Gasteiger partial charge in [0.1, 0.15) is 11.6 Å². The standard InChI is InChI=1S/C26H22F2N3O4S/c1-14-6-7-15(26(32)29-16-8-9-16)12-18(14)19-13-22(36(2,34)35)30-24-17(19)10-11-31(33)25(24)23-20(27)4-3-5-21(23)28/h3-7,10-13,16,25H,8-9H2,1-2H3,(H,29,32)/q-1. The first kappa shape index (κ1) is 24.1. The number of halogens is 2. The van der Waals surface area contributed by atoms with E-state index >= 15 is 0 Å². The van der Waals surface area contributed by atoms with Crippen LogP contribution in [0.3, 0.4) is 0 Å². The molecule has 36 heavy (non-hydrogen) atoms. The molecule has 5 rings (SSSR count). The van der Waals surface area contributed by atoms with Gasteiger partial charge in [0, 0.05) is 23.4 Å². The predicted octanol–water partition coefficient (Wildman–Crippen LogP) is 4.50. The molecular formula is C26H22F2N3O4S-. The third kappa shape index (κ3) is 4.38. The number of hydrogen-bond acceptors (Lipinski definition) is 6. The molecule has 1 saturated carbocycles. The third-order valence-corrected chi connectivity index (χ3v) is 7.29. The van der Waals surface area contributed by atoms with Crippen molar-refractivity contribution in [3.8, 4) is 11.1 Å². The average Bonchev–Trinajstić information content (AvgIpc) is 3.63. The maximum absolute atomic E-state index is 14.8. The van der Waals surface area contributed by atoms with Crippen LogP contribution in [0.25, 0.3) is 17.2 Å². The normalized spacial score (nSPS) is 17.1. The van der Waals surface area contributed by atoms with E-state index in [4.69, 9.17) is 0 Å². The molecule has 10 heteroatoms. The number of carbonyl (C=O) groups excluding carboxylic acids is 1. The number of hydroxylamine groups is 2. The second-order valence-corrected chi connectivity index (χ2v) is 11.0. The first-order chi connectivity index (χ1) is 17.0. The molecule has 3 aromatic rings. The summed E-state index contributed by atoms with van der Waals surface area (Å²) in [5.74, 6) is -2.16. The van der Waals surface area contributed by atoms with Gasteiger partial charge < -0.3 is 15.6 Å². The van der Waals surface area contributed by atoms with Crippen molar-refractivity contribution < 1.29 is 22.0 Å². The lowest BCUT2D eigenvalue weighted by Crippen LogP contribution is -2.27. The van der Waals surface area contributed by atoms with E-state index in [1.807, 2.05) is 0 Å². The van der Waals surface area contributed by atoms with Gasteiger partial charge in [0.2, 0.25) is 0 Å². The Labute approximate surface area is 207 Å². The monoisotopic (exact) mass is 510 g/mol. The highest BCUT2D eigenvalue weighted by Crippen LogP contribution is 2.41. The van der Waals surface area contributed by atoms with E-state index in [1.54, 1.807) is 25.1 Å². The number of benzene rings is 2. The van der Waals surface area contributed by atoms with Gasteiger partial charge in [-0.05, 0) is 79.1 Å². The molecular weight excluding hydrogens is 488 g/mol. The van der Waals surface area contributed by atoms with Gasteiger partial charge in [0.15, 0.2) is 14.9 Å². The number of pyridine rings is 1. The topological polar surface area (TPSA) is 102 Å². The Morgan fingerprint density at radius 2 is 1.81 bits per heavy atom. The van der Waals surface area contributed by atoms with Gasteiger partial charge in [0.25, 0.3) is 5.91 Å². The molecule has 2 aliphatic rings. The van der Waals surface area contributed by atoms with E-state index in [2.05, 4.69) is 10.3 Å². The highest BCUT2D eigenvalue weighted by Gasteiger charge is 2.31. The number of aromatic nitrogens is 1. The summed E-state index contributed by atoms with van der Waals surface area (Å²) in [4.78, 5) is 16.9. The van der Waals surface area contributed by atoms with E-state index in [0.717, 1.165) is 43.0 Å². The summed E-state index contributed by atoms with van der Waals surface area (Å²) < 4.78 is 54.6. The summed E-state index contributed by atoms with van der Waals surface area (Å²) in [6.07, 6.45) is 5.37. The van der Waals surface area contributed by atoms with Crippen molar-refractivity contribution >= 4 is 21.8 Å². The van der Waals surface area contributed by atoms with Gasteiger partial charge in [-0.15, -0.1) is 0 Å². The van der Waals surface area contributed by atoms with E-state index in [0.29, 0.717) is 27.3 Å². The molecule has 1 aromatic heterocycles. The number of amides is 1. The second kappa shape index (κ2) is 8.79. The van der Waals surface area contributed by atoms with Crippen LogP contribution in [0.15, 0.2) is 53.7 Å². The average molecular weight is 511 g/mol.